The molecule has 3 aliphatic rings. The van der Waals surface area contributed by atoms with Crippen LogP contribution in [0, 0.1) is 28.8 Å². The Labute approximate surface area is 180 Å². The van der Waals surface area contributed by atoms with Crippen molar-refractivity contribution in [3.63, 3.8) is 0 Å². The predicted octanol–water partition coefficient (Wildman–Crippen LogP) is 3.51. The van der Waals surface area contributed by atoms with Crippen molar-refractivity contribution in [2.75, 3.05) is 10.2 Å². The number of Topliss-reactive ketones (excluding diaryl/α,β-unsaturated/α-hetero) is 1. The van der Waals surface area contributed by atoms with Crippen molar-refractivity contribution in [2.24, 2.45) is 5.73 Å². The Morgan fingerprint density at radius 3 is 2.50 bits per heavy atom. The average Bonchev–Trinajstić information content (AvgIpc) is 3.02. The lowest BCUT2D eigenvalue weighted by Gasteiger charge is -2.43. The second-order valence-corrected chi connectivity index (χ2v) is 7.80. The van der Waals surface area contributed by atoms with Gasteiger partial charge >= 0.3 is 0 Å². The average molecular weight is 436 g/mol. The minimum atomic E-state index is -1.95. The Balaban J connectivity index is 1.90. The number of amides is 1. The molecule has 0 radical (unpaired) electrons. The van der Waals surface area contributed by atoms with E-state index in [0.29, 0.717) is 12.5 Å². The summed E-state index contributed by atoms with van der Waals surface area (Å²) in [5, 5.41) is 12.7. The molecule has 2 aromatic rings. The number of benzene rings is 2. The highest BCUT2D eigenvalue weighted by Crippen LogP contribution is 2.55. The normalized spacial score (nSPS) is 22.1. The Morgan fingerprint density at radius 1 is 1.06 bits per heavy atom. The summed E-state index contributed by atoms with van der Waals surface area (Å²) in [7, 11) is 0. The second kappa shape index (κ2) is 6.72. The van der Waals surface area contributed by atoms with Gasteiger partial charge in [-0.15, -0.1) is 0 Å². The summed E-state index contributed by atoms with van der Waals surface area (Å²) < 4.78 is 42.5. The van der Waals surface area contributed by atoms with Gasteiger partial charge in [0.05, 0.1) is 11.3 Å². The maximum absolute atomic E-state index is 14.8. The third kappa shape index (κ3) is 2.40. The number of halogens is 3. The Bertz CT molecular complexity index is 1340. The van der Waals surface area contributed by atoms with Crippen LogP contribution in [-0.4, -0.2) is 11.7 Å². The van der Waals surface area contributed by atoms with E-state index >= 15 is 0 Å². The van der Waals surface area contributed by atoms with Gasteiger partial charge in [-0.3, -0.25) is 14.5 Å². The van der Waals surface area contributed by atoms with Gasteiger partial charge in [-0.05, 0) is 43.2 Å². The minimum absolute atomic E-state index is 0.0416. The van der Waals surface area contributed by atoms with Crippen LogP contribution in [0.1, 0.15) is 24.8 Å². The molecule has 1 spiro atoms. The number of nitrogens with one attached hydrogen (secondary N) is 1. The summed E-state index contributed by atoms with van der Waals surface area (Å²) in [4.78, 5) is 27.8. The first-order chi connectivity index (χ1) is 15.3. The molecule has 1 atom stereocenters. The Morgan fingerprint density at radius 2 is 1.78 bits per heavy atom. The molecule has 0 saturated carbocycles. The maximum atomic E-state index is 14.8. The SMILES string of the molecule is N#CC1=C(N)N(c2ccc(F)cc2F)C2=C(C(=O)CCC2)[C@]12C(=O)Nc1ccc(F)cc12. The van der Waals surface area contributed by atoms with Crippen molar-refractivity contribution in [2.45, 2.75) is 24.7 Å². The molecule has 9 heteroatoms. The fourth-order valence-corrected chi connectivity index (χ4v) is 4.90. The molecule has 6 nitrogen and oxygen atoms in total. The van der Waals surface area contributed by atoms with E-state index in [9.17, 15) is 28.0 Å². The number of fused-ring (bicyclic) bond motifs is 3. The van der Waals surface area contributed by atoms with Crippen molar-refractivity contribution in [3.05, 3.63) is 82.1 Å². The number of hydrogen-bond acceptors (Lipinski definition) is 5. The summed E-state index contributed by atoms with van der Waals surface area (Å²) in [5.41, 5.74) is 4.45. The molecule has 1 aliphatic carbocycles. The predicted molar refractivity (Wildman–Crippen MR) is 108 cm³/mol. The van der Waals surface area contributed by atoms with Crippen LogP contribution in [0.5, 0.6) is 0 Å². The van der Waals surface area contributed by atoms with Crippen molar-refractivity contribution in [1.29, 1.82) is 5.26 Å². The first-order valence-corrected chi connectivity index (χ1v) is 9.84. The summed E-state index contributed by atoms with van der Waals surface area (Å²) >= 11 is 0. The van der Waals surface area contributed by atoms with E-state index in [4.69, 9.17) is 5.73 Å². The lowest BCUT2D eigenvalue weighted by atomic mass is 9.64. The van der Waals surface area contributed by atoms with Gasteiger partial charge in [-0.2, -0.15) is 5.26 Å². The number of nitrogens with two attached hydrogens (primary N) is 1. The zero-order valence-corrected chi connectivity index (χ0v) is 16.5. The van der Waals surface area contributed by atoms with Gasteiger partial charge in [0.15, 0.2) is 5.78 Å². The molecule has 0 aromatic heterocycles. The molecule has 0 unspecified atom stereocenters. The number of hydrogen-bond donors (Lipinski definition) is 2. The first kappa shape index (κ1) is 19.9. The van der Waals surface area contributed by atoms with Crippen LogP contribution in [0.15, 0.2) is 59.1 Å². The molecular weight excluding hydrogens is 421 g/mol. The topological polar surface area (TPSA) is 99.2 Å². The highest BCUT2D eigenvalue weighted by Gasteiger charge is 2.60. The van der Waals surface area contributed by atoms with E-state index < -0.39 is 34.6 Å². The maximum Gasteiger partial charge on any atom is 0.245 e. The van der Waals surface area contributed by atoms with Crippen LogP contribution < -0.4 is 16.0 Å². The molecular formula is C23H15F3N4O2. The first-order valence-electron chi connectivity index (χ1n) is 9.84. The Hall–Kier alpha value is -4.06. The van der Waals surface area contributed by atoms with Gasteiger partial charge < -0.3 is 11.1 Å². The quantitative estimate of drug-likeness (QED) is 0.713. The van der Waals surface area contributed by atoms with E-state index in [1.165, 1.54) is 11.0 Å². The molecule has 0 saturated heterocycles. The van der Waals surface area contributed by atoms with Crippen LogP contribution in [0.4, 0.5) is 24.5 Å². The van der Waals surface area contributed by atoms with Crippen LogP contribution in [-0.2, 0) is 15.0 Å². The summed E-state index contributed by atoms with van der Waals surface area (Å²) in [6, 6.07) is 8.34. The number of nitriles is 1. The highest BCUT2D eigenvalue weighted by molar-refractivity contribution is 6.19. The molecule has 5 rings (SSSR count). The van der Waals surface area contributed by atoms with E-state index in [1.54, 1.807) is 0 Å². The van der Waals surface area contributed by atoms with E-state index in [0.717, 1.165) is 24.3 Å². The van der Waals surface area contributed by atoms with E-state index in [-0.39, 0.29) is 52.4 Å². The molecule has 0 bridgehead atoms. The largest absolute Gasteiger partial charge is 0.384 e. The van der Waals surface area contributed by atoms with Gasteiger partial charge in [-0.1, -0.05) is 0 Å². The molecule has 32 heavy (non-hydrogen) atoms. The number of rotatable bonds is 1. The standard InChI is InChI=1S/C23H15F3N4O2/c24-11-4-6-16-13(8-11)23(22(32)29-16)14(10-27)21(28)30(17-7-5-12(25)9-15(17)26)18-2-1-3-19(31)20(18)23/h4-9H,1-3,28H2,(H,29,32)/t23-/m1/s1. The monoisotopic (exact) mass is 436 g/mol. The Kier molecular flexibility index (Phi) is 4.17. The molecule has 2 aromatic carbocycles. The number of anilines is 2. The van der Waals surface area contributed by atoms with Crippen LogP contribution in [0.2, 0.25) is 0 Å². The number of carbonyl (C=O) groups is 2. The van der Waals surface area contributed by atoms with Gasteiger partial charge in [-0.25, -0.2) is 13.2 Å². The molecule has 160 valence electrons. The zero-order valence-electron chi connectivity index (χ0n) is 16.5. The third-order valence-electron chi connectivity index (χ3n) is 6.14. The van der Waals surface area contributed by atoms with E-state index in [2.05, 4.69) is 5.32 Å². The summed E-state index contributed by atoms with van der Waals surface area (Å²) in [5.74, 6) is -3.83. The van der Waals surface area contributed by atoms with E-state index in [1.807, 2.05) is 6.07 Å². The number of carbonyl (C=O) groups excluding carboxylic acids is 2. The molecule has 1 amide bonds. The number of allylic oxidation sites excluding steroid dienone is 1. The van der Waals surface area contributed by atoms with Crippen molar-refractivity contribution >= 4 is 23.1 Å². The lowest BCUT2D eigenvalue weighted by molar-refractivity contribution is -0.122. The lowest BCUT2D eigenvalue weighted by Crippen LogP contribution is -2.51. The molecule has 3 N–H and O–H groups in total. The van der Waals surface area contributed by atoms with Crippen molar-refractivity contribution in [1.82, 2.24) is 0 Å². The van der Waals surface area contributed by atoms with Crippen molar-refractivity contribution < 1.29 is 22.8 Å². The number of ketones is 1. The summed E-state index contributed by atoms with van der Waals surface area (Å²) in [6.45, 7) is 0. The fourth-order valence-electron chi connectivity index (χ4n) is 4.90. The molecule has 2 heterocycles. The van der Waals surface area contributed by atoms with Crippen LogP contribution in [0.25, 0.3) is 0 Å². The molecule has 2 aliphatic heterocycles. The van der Waals surface area contributed by atoms with Gasteiger partial charge in [0, 0.05) is 35.0 Å². The summed E-state index contributed by atoms with van der Waals surface area (Å²) in [6.07, 6.45) is 0.744. The van der Waals surface area contributed by atoms with Crippen molar-refractivity contribution in [3.8, 4) is 6.07 Å². The highest BCUT2D eigenvalue weighted by atomic mass is 19.1. The third-order valence-corrected chi connectivity index (χ3v) is 6.14. The second-order valence-electron chi connectivity index (χ2n) is 7.80. The van der Waals surface area contributed by atoms with Gasteiger partial charge in [0.2, 0.25) is 5.91 Å². The van der Waals surface area contributed by atoms with Gasteiger partial charge in [0.25, 0.3) is 0 Å². The molecule has 0 fully saturated rings. The van der Waals surface area contributed by atoms with Crippen LogP contribution in [0.3, 0.4) is 0 Å². The van der Waals surface area contributed by atoms with Gasteiger partial charge in [0.1, 0.15) is 34.8 Å². The smallest absolute Gasteiger partial charge is 0.245 e. The zero-order chi connectivity index (χ0) is 22.8. The fraction of sp³-hybridized carbons (Fsp3) is 0.174. The van der Waals surface area contributed by atoms with Crippen LogP contribution >= 0.6 is 0 Å². The minimum Gasteiger partial charge on any atom is -0.384 e. The number of nitrogens with zero attached hydrogens (tertiary/aromatic N) is 2.